The Morgan fingerprint density at radius 2 is 0.220 bits per heavy atom. The SMILES string of the molecule is C=COC=C.OCC1(CO)CCCCCCCCCCCCCC1.OCC1(CO)CCCCCCCCCCCCCC1.OCC1(CO)CCCCCCCCCCCCCC1.OCC1(CO)CCCCCCCCCCCCCC1.OCC1(CO)CCCCCCCCCCCCCC1. The van der Waals surface area contributed by atoms with Crippen molar-refractivity contribution in [1.82, 2.24) is 0 Å². The Morgan fingerprint density at radius 1 is 0.150 bits per heavy atom. The summed E-state index contributed by atoms with van der Waals surface area (Å²) in [4.78, 5) is 0. The van der Waals surface area contributed by atoms with Crippen molar-refractivity contribution in [2.45, 2.75) is 449 Å². The fourth-order valence-electron chi connectivity index (χ4n) is 16.4. The molecular weight excluding hydrogens is 1240 g/mol. The van der Waals surface area contributed by atoms with E-state index in [4.69, 9.17) is 0 Å². The van der Waals surface area contributed by atoms with Gasteiger partial charge in [0.1, 0.15) is 0 Å². The van der Waals surface area contributed by atoms with Gasteiger partial charge in [0.15, 0.2) is 0 Å². The van der Waals surface area contributed by atoms with Crippen molar-refractivity contribution in [2.24, 2.45) is 27.1 Å². The van der Waals surface area contributed by atoms with Crippen LogP contribution in [0.2, 0.25) is 0 Å². The molecule has 0 spiro atoms. The number of ether oxygens (including phenoxy) is 1. The summed E-state index contributed by atoms with van der Waals surface area (Å²) in [5.74, 6) is 0. The molecule has 0 atom stereocenters. The lowest BCUT2D eigenvalue weighted by atomic mass is 9.79. The zero-order valence-corrected chi connectivity index (χ0v) is 66.5. The Kier molecular flexibility index (Phi) is 72.6. The average molecular weight is 1420 g/mol. The highest BCUT2D eigenvalue weighted by Crippen LogP contribution is 2.37. The fraction of sp³-hybridized carbons (Fsp3) is 0.955. The summed E-state index contributed by atoms with van der Waals surface area (Å²) < 4.78 is 4.36. The Bertz CT molecular complexity index is 1270. The van der Waals surface area contributed by atoms with E-state index in [-0.39, 0.29) is 93.1 Å². The van der Waals surface area contributed by atoms with E-state index in [0.29, 0.717) is 0 Å². The monoisotopic (exact) mass is 1420 g/mol. The summed E-state index contributed by atoms with van der Waals surface area (Å²) in [5.41, 5.74) is -0.971. The average Bonchev–Trinajstić information content (AvgIpc) is 1.04. The highest BCUT2D eigenvalue weighted by molar-refractivity contribution is 4.82. The predicted octanol–water partition coefficient (Wildman–Crippen LogP) is 23.5. The van der Waals surface area contributed by atoms with E-state index in [1.807, 2.05) is 0 Å². The molecule has 0 saturated heterocycles. The number of hydrogen-bond donors (Lipinski definition) is 10. The minimum absolute atomic E-state index is 0.156. The van der Waals surface area contributed by atoms with Gasteiger partial charge >= 0.3 is 0 Å². The molecule has 11 heteroatoms. The van der Waals surface area contributed by atoms with Gasteiger partial charge in [0.05, 0.1) is 78.6 Å². The van der Waals surface area contributed by atoms with Gasteiger partial charge in [0, 0.05) is 27.1 Å². The third-order valence-corrected chi connectivity index (χ3v) is 24.4. The lowest BCUT2D eigenvalue weighted by Crippen LogP contribution is -2.29. The van der Waals surface area contributed by atoms with Crippen LogP contribution in [0, 0.1) is 27.1 Å². The van der Waals surface area contributed by atoms with E-state index in [1.54, 1.807) is 0 Å². The van der Waals surface area contributed by atoms with Crippen molar-refractivity contribution in [3.63, 3.8) is 0 Å². The van der Waals surface area contributed by atoms with Crippen LogP contribution in [0.25, 0.3) is 0 Å². The molecule has 0 heterocycles. The van der Waals surface area contributed by atoms with Crippen molar-refractivity contribution in [3.05, 3.63) is 25.7 Å². The molecule has 0 bridgehead atoms. The van der Waals surface area contributed by atoms with Crippen LogP contribution >= 0.6 is 0 Å². The van der Waals surface area contributed by atoms with Gasteiger partial charge in [-0.2, -0.15) is 0 Å². The van der Waals surface area contributed by atoms with Crippen LogP contribution in [-0.2, 0) is 4.74 Å². The van der Waals surface area contributed by atoms with Crippen molar-refractivity contribution >= 4 is 0 Å². The van der Waals surface area contributed by atoms with Gasteiger partial charge in [0.2, 0.25) is 0 Å². The van der Waals surface area contributed by atoms with Gasteiger partial charge in [-0.15, -0.1) is 0 Å². The Balaban J connectivity index is 0.00000120. The summed E-state index contributed by atoms with van der Waals surface area (Å²) in [6.07, 6.45) is 92.0. The van der Waals surface area contributed by atoms with E-state index in [2.05, 4.69) is 17.9 Å². The topological polar surface area (TPSA) is 212 Å². The molecule has 100 heavy (non-hydrogen) atoms. The smallest absolute Gasteiger partial charge is 0.0829 e. The lowest BCUT2D eigenvalue weighted by Gasteiger charge is -2.30. The molecule has 5 aliphatic carbocycles. The van der Waals surface area contributed by atoms with Crippen LogP contribution in [0.4, 0.5) is 0 Å². The molecule has 5 saturated carbocycles. The summed E-state index contributed by atoms with van der Waals surface area (Å²) in [7, 11) is 0. The van der Waals surface area contributed by atoms with Crippen molar-refractivity contribution < 1.29 is 55.8 Å². The summed E-state index contributed by atoms with van der Waals surface area (Å²) >= 11 is 0. The zero-order chi connectivity index (χ0) is 73.2. The van der Waals surface area contributed by atoms with Gasteiger partial charge in [-0.05, 0) is 64.2 Å². The number of aliphatic hydroxyl groups is 10. The summed E-state index contributed by atoms with van der Waals surface area (Å²) in [6.45, 7) is 8.08. The first kappa shape index (κ1) is 98.9. The predicted molar refractivity (Wildman–Crippen MR) is 428 cm³/mol. The van der Waals surface area contributed by atoms with E-state index in [9.17, 15) is 51.1 Å². The van der Waals surface area contributed by atoms with Crippen molar-refractivity contribution in [1.29, 1.82) is 0 Å². The second-order valence-electron chi connectivity index (χ2n) is 33.3. The molecule has 5 rings (SSSR count). The second kappa shape index (κ2) is 73.4. The first-order valence-electron chi connectivity index (χ1n) is 44.0. The standard InChI is InChI=1S/5C17H34O2.C4H6O/c5*18-15-17(16-19)13-11-9-7-5-3-1-2-4-6-8-10-12-14-17;1-3-5-4-2/h5*18-19H,1-16H2;3-4H,1-2H2. The van der Waals surface area contributed by atoms with E-state index < -0.39 is 0 Å². The van der Waals surface area contributed by atoms with Gasteiger partial charge in [-0.1, -0.05) is 398 Å². The summed E-state index contributed by atoms with van der Waals surface area (Å²) in [5, 5.41) is 96.3. The first-order chi connectivity index (χ1) is 49.1. The van der Waals surface area contributed by atoms with Crippen LogP contribution in [0.1, 0.15) is 449 Å². The highest BCUT2D eigenvalue weighted by atomic mass is 16.5. The second-order valence-corrected chi connectivity index (χ2v) is 33.3. The van der Waals surface area contributed by atoms with Gasteiger partial charge in [0.25, 0.3) is 0 Å². The molecule has 0 aromatic heterocycles. The number of rotatable bonds is 12. The first-order valence-corrected chi connectivity index (χ1v) is 44.0. The third kappa shape index (κ3) is 56.2. The minimum atomic E-state index is -0.194. The molecule has 598 valence electrons. The van der Waals surface area contributed by atoms with Crippen LogP contribution in [0.3, 0.4) is 0 Å². The molecule has 0 radical (unpaired) electrons. The van der Waals surface area contributed by atoms with Crippen molar-refractivity contribution in [3.8, 4) is 0 Å². The lowest BCUT2D eigenvalue weighted by molar-refractivity contribution is 0.0352. The summed E-state index contributed by atoms with van der Waals surface area (Å²) in [6, 6.07) is 0. The number of aliphatic hydroxyl groups excluding tert-OH is 10. The van der Waals surface area contributed by atoms with Crippen LogP contribution in [0.5, 0.6) is 0 Å². The fourth-order valence-corrected chi connectivity index (χ4v) is 16.4. The van der Waals surface area contributed by atoms with Gasteiger partial charge in [-0.3, -0.25) is 0 Å². The Morgan fingerprint density at radius 3 is 0.270 bits per heavy atom. The van der Waals surface area contributed by atoms with E-state index >= 15 is 0 Å². The molecule has 0 unspecified atom stereocenters. The molecule has 5 aliphatic rings. The number of hydrogen-bond acceptors (Lipinski definition) is 11. The van der Waals surface area contributed by atoms with E-state index in [1.165, 1.54) is 398 Å². The van der Waals surface area contributed by atoms with Gasteiger partial charge < -0.3 is 55.8 Å². The maximum atomic E-state index is 9.63. The molecule has 10 N–H and O–H groups in total. The van der Waals surface area contributed by atoms with E-state index in [0.717, 1.165) is 64.2 Å². The van der Waals surface area contributed by atoms with Crippen LogP contribution in [-0.4, -0.2) is 117 Å². The quantitative estimate of drug-likeness (QED) is 0.0831. The minimum Gasteiger partial charge on any atom is -0.474 e. The maximum absolute atomic E-state index is 9.63. The molecule has 0 aliphatic heterocycles. The van der Waals surface area contributed by atoms with Gasteiger partial charge in [-0.25, -0.2) is 0 Å². The Hall–Kier alpha value is -1.12. The molecule has 5 fully saturated rings. The maximum Gasteiger partial charge on any atom is 0.0829 e. The molecular formula is C89H176O11. The largest absolute Gasteiger partial charge is 0.474 e. The van der Waals surface area contributed by atoms with Crippen molar-refractivity contribution in [2.75, 3.05) is 66.1 Å². The molecule has 0 amide bonds. The zero-order valence-electron chi connectivity index (χ0n) is 66.5. The molecule has 11 nitrogen and oxygen atoms in total. The third-order valence-electron chi connectivity index (χ3n) is 24.4. The normalized spacial score (nSPS) is 23.4. The van der Waals surface area contributed by atoms with Crippen LogP contribution < -0.4 is 0 Å². The molecule has 0 aromatic rings. The Labute approximate surface area is 621 Å². The van der Waals surface area contributed by atoms with Crippen LogP contribution in [0.15, 0.2) is 25.7 Å². The molecule has 0 aromatic carbocycles. The highest BCUT2D eigenvalue weighted by Gasteiger charge is 2.31.